The van der Waals surface area contributed by atoms with E-state index in [1.807, 2.05) is 0 Å². The number of ether oxygens (including phenoxy) is 1. The van der Waals surface area contributed by atoms with Crippen LogP contribution in [0.4, 0.5) is 0 Å². The largest absolute Gasteiger partial charge is 0.369 e. The molecule has 1 spiro atoms. The molecule has 0 saturated carbocycles. The molecular weight excluding hydrogens is 240 g/mol. The molecule has 0 aromatic rings. The first kappa shape index (κ1) is 13.3. The van der Waals surface area contributed by atoms with Crippen LogP contribution in [-0.4, -0.2) is 45.5 Å². The number of rotatable bonds is 4. The second-order valence-electron chi connectivity index (χ2n) is 4.99. The molecule has 2 heterocycles. The predicted octanol–water partition coefficient (Wildman–Crippen LogP) is 0.227. The molecule has 0 unspecified atom stereocenters. The van der Waals surface area contributed by atoms with Gasteiger partial charge in [0.05, 0.1) is 17.5 Å². The Morgan fingerprint density at radius 3 is 2.94 bits per heavy atom. The molecule has 5 nitrogen and oxygen atoms in total. The molecule has 0 aliphatic carbocycles. The summed E-state index contributed by atoms with van der Waals surface area (Å²) in [6, 6.07) is 0. The van der Waals surface area contributed by atoms with Gasteiger partial charge in [-0.2, -0.15) is 0 Å². The number of hydrogen-bond donors (Lipinski definition) is 2. The van der Waals surface area contributed by atoms with E-state index in [0.29, 0.717) is 6.54 Å². The van der Waals surface area contributed by atoms with Gasteiger partial charge in [0.2, 0.25) is 10.0 Å². The summed E-state index contributed by atoms with van der Waals surface area (Å²) in [6.45, 7) is 3.97. The molecule has 2 atom stereocenters. The Hall–Kier alpha value is -0.170. The zero-order valence-corrected chi connectivity index (χ0v) is 11.2. The summed E-state index contributed by atoms with van der Waals surface area (Å²) in [7, 11) is -3.10. The van der Waals surface area contributed by atoms with Gasteiger partial charge in [-0.1, -0.05) is 0 Å². The van der Waals surface area contributed by atoms with Gasteiger partial charge in [-0.3, -0.25) is 0 Å². The zero-order valence-electron chi connectivity index (χ0n) is 10.4. The van der Waals surface area contributed by atoms with Crippen molar-refractivity contribution in [2.24, 2.45) is 0 Å². The smallest absolute Gasteiger partial charge is 0.211 e. The highest BCUT2D eigenvalue weighted by atomic mass is 32.2. The molecule has 0 radical (unpaired) electrons. The van der Waals surface area contributed by atoms with Crippen LogP contribution in [0.25, 0.3) is 0 Å². The van der Waals surface area contributed by atoms with E-state index in [0.717, 1.165) is 38.8 Å². The van der Waals surface area contributed by atoms with Crippen LogP contribution in [-0.2, 0) is 14.8 Å². The molecule has 0 bridgehead atoms. The zero-order chi connectivity index (χ0) is 12.4. The van der Waals surface area contributed by atoms with Crippen molar-refractivity contribution in [2.75, 3.05) is 25.4 Å². The van der Waals surface area contributed by atoms with Crippen LogP contribution in [0.5, 0.6) is 0 Å². The summed E-state index contributed by atoms with van der Waals surface area (Å²) in [5.41, 5.74) is -0.0272. The summed E-state index contributed by atoms with van der Waals surface area (Å²) in [5, 5.41) is 3.32. The second kappa shape index (κ2) is 5.22. The Morgan fingerprint density at radius 2 is 2.29 bits per heavy atom. The molecular formula is C11H22N2O3S. The summed E-state index contributed by atoms with van der Waals surface area (Å²) >= 11 is 0. The van der Waals surface area contributed by atoms with Gasteiger partial charge in [-0.15, -0.1) is 0 Å². The highest BCUT2D eigenvalue weighted by Gasteiger charge is 2.39. The fourth-order valence-electron chi connectivity index (χ4n) is 2.62. The van der Waals surface area contributed by atoms with Crippen LogP contribution in [0, 0.1) is 0 Å². The van der Waals surface area contributed by atoms with Crippen molar-refractivity contribution in [3.63, 3.8) is 0 Å². The van der Waals surface area contributed by atoms with E-state index >= 15 is 0 Å². The highest BCUT2D eigenvalue weighted by Crippen LogP contribution is 2.33. The molecule has 0 aromatic heterocycles. The van der Waals surface area contributed by atoms with Gasteiger partial charge in [0, 0.05) is 13.1 Å². The Morgan fingerprint density at radius 1 is 1.47 bits per heavy atom. The molecule has 2 N–H and O–H groups in total. The van der Waals surface area contributed by atoms with Crippen LogP contribution in [0.3, 0.4) is 0 Å². The Labute approximate surface area is 103 Å². The van der Waals surface area contributed by atoms with E-state index in [1.165, 1.54) is 0 Å². The van der Waals surface area contributed by atoms with E-state index in [-0.39, 0.29) is 17.5 Å². The van der Waals surface area contributed by atoms with Gasteiger partial charge in [0.25, 0.3) is 0 Å². The summed E-state index contributed by atoms with van der Waals surface area (Å²) < 4.78 is 31.4. The van der Waals surface area contributed by atoms with Gasteiger partial charge in [-0.05, 0) is 39.2 Å². The lowest BCUT2D eigenvalue weighted by atomic mass is 9.91. The fraction of sp³-hybridized carbons (Fsp3) is 1.00. The molecule has 100 valence electrons. The fourth-order valence-corrected chi connectivity index (χ4v) is 3.27. The average Bonchev–Trinajstić information content (AvgIpc) is 2.75. The second-order valence-corrected chi connectivity index (χ2v) is 7.09. The summed E-state index contributed by atoms with van der Waals surface area (Å²) in [6.07, 6.45) is 4.25. The van der Waals surface area contributed by atoms with Gasteiger partial charge in [0.15, 0.2) is 0 Å². The van der Waals surface area contributed by atoms with Gasteiger partial charge in [0.1, 0.15) is 0 Å². The van der Waals surface area contributed by atoms with Gasteiger partial charge >= 0.3 is 0 Å². The van der Waals surface area contributed by atoms with Crippen molar-refractivity contribution >= 4 is 10.0 Å². The Kier molecular flexibility index (Phi) is 4.07. The maximum Gasteiger partial charge on any atom is 0.211 e. The first-order valence-electron chi connectivity index (χ1n) is 6.41. The van der Waals surface area contributed by atoms with Crippen molar-refractivity contribution in [2.45, 2.75) is 44.3 Å². The molecule has 2 aliphatic heterocycles. The quantitative estimate of drug-likeness (QED) is 0.761. The number of sulfonamides is 1. The van der Waals surface area contributed by atoms with E-state index in [1.54, 1.807) is 6.92 Å². The first-order valence-corrected chi connectivity index (χ1v) is 8.06. The van der Waals surface area contributed by atoms with E-state index in [4.69, 9.17) is 4.74 Å². The molecule has 2 aliphatic rings. The lowest BCUT2D eigenvalue weighted by Gasteiger charge is -2.38. The van der Waals surface area contributed by atoms with Gasteiger partial charge < -0.3 is 10.1 Å². The molecule has 2 rings (SSSR count). The van der Waals surface area contributed by atoms with E-state index < -0.39 is 10.0 Å². The van der Waals surface area contributed by atoms with Gasteiger partial charge in [-0.25, -0.2) is 13.1 Å². The van der Waals surface area contributed by atoms with E-state index in [9.17, 15) is 8.42 Å². The maximum atomic E-state index is 11.4. The minimum Gasteiger partial charge on any atom is -0.369 e. The minimum absolute atomic E-state index is 0.0272. The van der Waals surface area contributed by atoms with Crippen LogP contribution < -0.4 is 10.0 Å². The molecule has 6 heteroatoms. The van der Waals surface area contributed by atoms with Crippen LogP contribution in [0.1, 0.15) is 32.6 Å². The third kappa shape index (κ3) is 3.40. The maximum absolute atomic E-state index is 11.4. The van der Waals surface area contributed by atoms with Crippen molar-refractivity contribution in [3.8, 4) is 0 Å². The normalized spacial score (nSPS) is 34.3. The Bertz CT molecular complexity index is 350. The molecule has 17 heavy (non-hydrogen) atoms. The highest BCUT2D eigenvalue weighted by molar-refractivity contribution is 7.89. The van der Waals surface area contributed by atoms with Crippen molar-refractivity contribution < 1.29 is 13.2 Å². The topological polar surface area (TPSA) is 67.4 Å². The van der Waals surface area contributed by atoms with Crippen LogP contribution >= 0.6 is 0 Å². The van der Waals surface area contributed by atoms with Crippen molar-refractivity contribution in [3.05, 3.63) is 0 Å². The van der Waals surface area contributed by atoms with Crippen LogP contribution in [0.2, 0.25) is 0 Å². The summed E-state index contributed by atoms with van der Waals surface area (Å²) in [4.78, 5) is 0. The average molecular weight is 262 g/mol. The lowest BCUT2D eigenvalue weighted by molar-refractivity contribution is -0.113. The molecule has 2 saturated heterocycles. The molecule has 0 aromatic carbocycles. The van der Waals surface area contributed by atoms with Crippen LogP contribution in [0.15, 0.2) is 0 Å². The summed E-state index contributed by atoms with van der Waals surface area (Å²) in [5.74, 6) is 0.131. The van der Waals surface area contributed by atoms with Crippen molar-refractivity contribution in [1.29, 1.82) is 0 Å². The first-order chi connectivity index (χ1) is 8.05. The molecule has 0 amide bonds. The third-order valence-corrected chi connectivity index (χ3v) is 5.06. The monoisotopic (exact) mass is 262 g/mol. The lowest BCUT2D eigenvalue weighted by Crippen LogP contribution is -2.46. The van der Waals surface area contributed by atoms with Crippen molar-refractivity contribution in [1.82, 2.24) is 10.0 Å². The predicted molar refractivity (Wildman–Crippen MR) is 66.4 cm³/mol. The minimum atomic E-state index is -3.10. The number of hydrogen-bond acceptors (Lipinski definition) is 4. The Balaban J connectivity index is 1.85. The van der Waals surface area contributed by atoms with E-state index in [2.05, 4.69) is 10.0 Å². The standard InChI is InChI=1S/C11H22N2O3S/c1-2-17(14,15)13-8-10-4-3-5-11(16-10)6-7-12-9-11/h10,12-13H,2-9H2,1H3/t10-,11-/m1/s1. The molecule has 2 fully saturated rings. The third-order valence-electron chi connectivity index (χ3n) is 3.69. The number of nitrogens with one attached hydrogen (secondary N) is 2. The SMILES string of the molecule is CCS(=O)(=O)NC[C@H]1CCC[C@]2(CCNC2)O1.